The number of benzene rings is 2. The predicted molar refractivity (Wildman–Crippen MR) is 109 cm³/mol. The average molecular weight is 382 g/mol. The summed E-state index contributed by atoms with van der Waals surface area (Å²) in [6.45, 7) is 2.52. The fourth-order valence-electron chi connectivity index (χ4n) is 3.60. The number of carbonyl (C=O) groups excluding carboxylic acids is 2. The molecule has 0 fully saturated rings. The van der Waals surface area contributed by atoms with E-state index in [0.717, 1.165) is 18.5 Å². The first-order chi connectivity index (χ1) is 13.5. The molecule has 0 spiro atoms. The molecule has 6 nitrogen and oxygen atoms in total. The van der Waals surface area contributed by atoms with Gasteiger partial charge in [0.1, 0.15) is 0 Å². The number of carbonyl (C=O) groups is 2. The second-order valence-corrected chi connectivity index (χ2v) is 6.74. The van der Waals surface area contributed by atoms with Crippen LogP contribution < -0.4 is 19.3 Å². The maximum absolute atomic E-state index is 12.9. The lowest BCUT2D eigenvalue weighted by Gasteiger charge is -2.30. The van der Waals surface area contributed by atoms with Crippen LogP contribution in [0, 0.1) is 0 Å². The number of ether oxygens (including phenoxy) is 2. The molecule has 0 bridgehead atoms. The van der Waals surface area contributed by atoms with Crippen molar-refractivity contribution in [2.75, 3.05) is 37.1 Å². The van der Waals surface area contributed by atoms with E-state index in [2.05, 4.69) is 6.07 Å². The van der Waals surface area contributed by atoms with E-state index in [1.165, 1.54) is 12.5 Å². The Balaban J connectivity index is 1.74. The number of methoxy groups -OCH3 is 2. The molecule has 0 aliphatic carbocycles. The lowest BCUT2D eigenvalue weighted by atomic mass is 10.0. The first-order valence-corrected chi connectivity index (χ1v) is 9.43. The van der Waals surface area contributed by atoms with E-state index in [4.69, 9.17) is 9.47 Å². The van der Waals surface area contributed by atoms with Crippen molar-refractivity contribution >= 4 is 23.2 Å². The fraction of sp³-hybridized carbons (Fsp3) is 0.364. The van der Waals surface area contributed by atoms with Gasteiger partial charge in [-0.2, -0.15) is 0 Å². The van der Waals surface area contributed by atoms with Gasteiger partial charge in [-0.25, -0.2) is 0 Å². The first-order valence-electron chi connectivity index (χ1n) is 9.43. The van der Waals surface area contributed by atoms with Gasteiger partial charge in [-0.3, -0.25) is 9.59 Å². The second kappa shape index (κ2) is 8.78. The predicted octanol–water partition coefficient (Wildman–Crippen LogP) is 3.43. The molecular weight excluding hydrogens is 356 g/mol. The number of amides is 2. The maximum Gasteiger partial charge on any atom is 0.228 e. The molecule has 1 aliphatic rings. The van der Waals surface area contributed by atoms with E-state index >= 15 is 0 Å². The molecule has 1 heterocycles. The Morgan fingerprint density at radius 1 is 1.07 bits per heavy atom. The number of hydrogen-bond acceptors (Lipinski definition) is 4. The van der Waals surface area contributed by atoms with Gasteiger partial charge in [0.15, 0.2) is 11.5 Å². The topological polar surface area (TPSA) is 59.1 Å². The minimum absolute atomic E-state index is 0.0267. The molecule has 3 rings (SSSR count). The lowest BCUT2D eigenvalue weighted by Crippen LogP contribution is -2.38. The van der Waals surface area contributed by atoms with E-state index in [-0.39, 0.29) is 18.2 Å². The van der Waals surface area contributed by atoms with Crippen LogP contribution in [0.3, 0.4) is 0 Å². The zero-order chi connectivity index (χ0) is 20.1. The van der Waals surface area contributed by atoms with Gasteiger partial charge in [-0.1, -0.05) is 18.2 Å². The SMILES string of the molecule is COc1ccc(N(CCC(=O)N2CCCc3ccccc32)C(C)=O)cc1OC. The minimum Gasteiger partial charge on any atom is -0.493 e. The molecule has 28 heavy (non-hydrogen) atoms. The molecule has 2 aromatic carbocycles. The smallest absolute Gasteiger partial charge is 0.228 e. The van der Waals surface area contributed by atoms with Gasteiger partial charge in [0.25, 0.3) is 0 Å². The monoisotopic (exact) mass is 382 g/mol. The van der Waals surface area contributed by atoms with Gasteiger partial charge in [0, 0.05) is 43.9 Å². The fourth-order valence-corrected chi connectivity index (χ4v) is 3.60. The molecule has 6 heteroatoms. The molecule has 2 aromatic rings. The lowest BCUT2D eigenvalue weighted by molar-refractivity contribution is -0.118. The van der Waals surface area contributed by atoms with Crippen LogP contribution in [0.1, 0.15) is 25.3 Å². The number of fused-ring (bicyclic) bond motifs is 1. The third-order valence-corrected chi connectivity index (χ3v) is 5.02. The number of nitrogens with zero attached hydrogens (tertiary/aromatic N) is 2. The third kappa shape index (κ3) is 4.11. The van der Waals surface area contributed by atoms with Crippen molar-refractivity contribution in [3.05, 3.63) is 48.0 Å². The zero-order valence-corrected chi connectivity index (χ0v) is 16.6. The molecule has 0 aromatic heterocycles. The van der Waals surface area contributed by atoms with Gasteiger partial charge in [0.05, 0.1) is 14.2 Å². The zero-order valence-electron chi connectivity index (χ0n) is 16.6. The summed E-state index contributed by atoms with van der Waals surface area (Å²) >= 11 is 0. The second-order valence-electron chi connectivity index (χ2n) is 6.74. The van der Waals surface area contributed by atoms with E-state index in [0.29, 0.717) is 30.3 Å². The van der Waals surface area contributed by atoms with Gasteiger partial charge in [-0.15, -0.1) is 0 Å². The highest BCUT2D eigenvalue weighted by molar-refractivity contribution is 5.97. The van der Waals surface area contributed by atoms with Crippen LogP contribution in [0.4, 0.5) is 11.4 Å². The molecule has 0 saturated carbocycles. The van der Waals surface area contributed by atoms with E-state index in [9.17, 15) is 9.59 Å². The van der Waals surface area contributed by atoms with Crippen LogP contribution in [0.25, 0.3) is 0 Å². The number of anilines is 2. The molecule has 0 unspecified atom stereocenters. The Hall–Kier alpha value is -3.02. The van der Waals surface area contributed by atoms with Crippen molar-refractivity contribution in [1.82, 2.24) is 0 Å². The standard InChI is InChI=1S/C22H26N2O4/c1-16(25)23(18-10-11-20(27-2)21(15-18)28-3)14-12-22(26)24-13-6-8-17-7-4-5-9-19(17)24/h4-5,7,9-11,15H,6,8,12-14H2,1-3H3. The summed E-state index contributed by atoms with van der Waals surface area (Å²) < 4.78 is 10.6. The molecule has 1 aliphatic heterocycles. The third-order valence-electron chi connectivity index (χ3n) is 5.02. The van der Waals surface area contributed by atoms with Gasteiger partial charge in [0.2, 0.25) is 11.8 Å². The van der Waals surface area contributed by atoms with Crippen molar-refractivity contribution in [3.63, 3.8) is 0 Å². The molecule has 0 atom stereocenters. The van der Waals surface area contributed by atoms with Crippen LogP contribution in [0.5, 0.6) is 11.5 Å². The first kappa shape index (κ1) is 19.7. The summed E-state index contributed by atoms with van der Waals surface area (Å²) in [5.41, 5.74) is 2.86. The van der Waals surface area contributed by atoms with E-state index < -0.39 is 0 Å². The van der Waals surface area contributed by atoms with E-state index in [1.54, 1.807) is 37.3 Å². The summed E-state index contributed by atoms with van der Waals surface area (Å²) in [4.78, 5) is 28.5. The summed E-state index contributed by atoms with van der Waals surface area (Å²) in [5.74, 6) is 1.04. The van der Waals surface area contributed by atoms with Crippen LogP contribution in [-0.2, 0) is 16.0 Å². The highest BCUT2D eigenvalue weighted by Crippen LogP contribution is 2.32. The summed E-state index contributed by atoms with van der Waals surface area (Å²) in [5, 5.41) is 0. The highest BCUT2D eigenvalue weighted by Gasteiger charge is 2.23. The van der Waals surface area contributed by atoms with Gasteiger partial charge >= 0.3 is 0 Å². The van der Waals surface area contributed by atoms with Crippen LogP contribution >= 0.6 is 0 Å². The van der Waals surface area contributed by atoms with Crippen LogP contribution in [0.15, 0.2) is 42.5 Å². The Bertz CT molecular complexity index is 865. The van der Waals surface area contributed by atoms with Crippen molar-refractivity contribution < 1.29 is 19.1 Å². The molecule has 0 saturated heterocycles. The van der Waals surface area contributed by atoms with Crippen LogP contribution in [-0.4, -0.2) is 39.1 Å². The molecule has 0 N–H and O–H groups in total. The number of hydrogen-bond donors (Lipinski definition) is 0. The number of para-hydroxylation sites is 1. The molecule has 2 amide bonds. The summed E-state index contributed by atoms with van der Waals surface area (Å²) in [6, 6.07) is 13.3. The quantitative estimate of drug-likeness (QED) is 0.768. The maximum atomic E-state index is 12.9. The normalized spacial score (nSPS) is 12.9. The van der Waals surface area contributed by atoms with Crippen molar-refractivity contribution in [2.24, 2.45) is 0 Å². The van der Waals surface area contributed by atoms with Crippen molar-refractivity contribution in [3.8, 4) is 11.5 Å². The number of rotatable bonds is 6. The highest BCUT2D eigenvalue weighted by atomic mass is 16.5. The molecule has 148 valence electrons. The van der Waals surface area contributed by atoms with Crippen molar-refractivity contribution in [1.29, 1.82) is 0 Å². The minimum atomic E-state index is -0.126. The molecule has 0 radical (unpaired) electrons. The summed E-state index contributed by atoms with van der Waals surface area (Å²) in [7, 11) is 3.12. The van der Waals surface area contributed by atoms with Crippen LogP contribution in [0.2, 0.25) is 0 Å². The summed E-state index contributed by atoms with van der Waals surface area (Å²) in [6.07, 6.45) is 2.20. The van der Waals surface area contributed by atoms with Gasteiger partial charge in [-0.05, 0) is 36.6 Å². The largest absolute Gasteiger partial charge is 0.493 e. The molecular formula is C22H26N2O4. The average Bonchev–Trinajstić information content (AvgIpc) is 2.72. The van der Waals surface area contributed by atoms with Gasteiger partial charge < -0.3 is 19.3 Å². The number of aryl methyl sites for hydroxylation is 1. The van der Waals surface area contributed by atoms with Crippen molar-refractivity contribution in [2.45, 2.75) is 26.2 Å². The Morgan fingerprint density at radius 3 is 2.54 bits per heavy atom. The Kier molecular flexibility index (Phi) is 6.19. The van der Waals surface area contributed by atoms with E-state index in [1.807, 2.05) is 23.1 Å². The Morgan fingerprint density at radius 2 is 1.82 bits per heavy atom. The Labute approximate surface area is 165 Å².